The highest BCUT2D eigenvalue weighted by Crippen LogP contribution is 2.29. The summed E-state index contributed by atoms with van der Waals surface area (Å²) in [4.78, 5) is 24.9. The van der Waals surface area contributed by atoms with E-state index in [4.69, 9.17) is 14.7 Å². The summed E-state index contributed by atoms with van der Waals surface area (Å²) in [6.45, 7) is 2.13. The van der Waals surface area contributed by atoms with Gasteiger partial charge in [-0.05, 0) is 49.1 Å². The summed E-state index contributed by atoms with van der Waals surface area (Å²) in [5, 5.41) is 12.9. The fourth-order valence-electron chi connectivity index (χ4n) is 4.22. The van der Waals surface area contributed by atoms with Crippen molar-refractivity contribution >= 4 is 22.8 Å². The minimum absolute atomic E-state index is 0.346. The number of hydrogen-bond donors (Lipinski definition) is 1. The number of benzene rings is 2. The van der Waals surface area contributed by atoms with Gasteiger partial charge in [-0.25, -0.2) is 9.97 Å². The van der Waals surface area contributed by atoms with Crippen LogP contribution in [0.3, 0.4) is 0 Å². The zero-order valence-corrected chi connectivity index (χ0v) is 19.0. The number of carbonyl (C=O) groups is 1. The number of methoxy groups -OCH3 is 1. The van der Waals surface area contributed by atoms with Crippen molar-refractivity contribution in [3.8, 4) is 11.8 Å². The lowest BCUT2D eigenvalue weighted by Gasteiger charge is -2.25. The average molecular weight is 444 g/mol. The number of para-hydroxylation sites is 2. The normalized spacial score (nSPS) is 14.8. The van der Waals surface area contributed by atoms with Gasteiger partial charge >= 0.3 is 0 Å². The Morgan fingerprint density at radius 1 is 1.09 bits per heavy atom. The first-order valence-corrected chi connectivity index (χ1v) is 11.5. The number of fused-ring (bicyclic) bond motifs is 1. The van der Waals surface area contributed by atoms with Crippen LogP contribution in [0.5, 0.6) is 5.75 Å². The molecule has 7 heteroatoms. The summed E-state index contributed by atoms with van der Waals surface area (Å²) >= 11 is 0. The number of ether oxygens (including phenoxy) is 1. The molecule has 2 heterocycles. The van der Waals surface area contributed by atoms with E-state index in [2.05, 4.69) is 16.3 Å². The second kappa shape index (κ2) is 10.8. The Balaban J connectivity index is 1.57. The van der Waals surface area contributed by atoms with Gasteiger partial charge in [0.1, 0.15) is 11.4 Å². The molecule has 1 atom stereocenters. The quantitative estimate of drug-likeness (QED) is 0.594. The highest BCUT2D eigenvalue weighted by Gasteiger charge is 2.29. The minimum Gasteiger partial charge on any atom is -0.497 e. The fraction of sp³-hybridized carbons (Fsp3) is 0.385. The molecule has 0 saturated carbocycles. The number of rotatable bonds is 7. The third-order valence-electron chi connectivity index (χ3n) is 6.00. The lowest BCUT2D eigenvalue weighted by molar-refractivity contribution is -0.121. The molecule has 0 spiro atoms. The first-order chi connectivity index (χ1) is 16.2. The van der Waals surface area contributed by atoms with Gasteiger partial charge in [0, 0.05) is 19.6 Å². The van der Waals surface area contributed by atoms with Crippen LogP contribution < -0.4 is 15.0 Å². The van der Waals surface area contributed by atoms with Crippen molar-refractivity contribution in [2.75, 3.05) is 31.6 Å². The molecule has 1 unspecified atom stereocenters. The number of anilines is 1. The van der Waals surface area contributed by atoms with Gasteiger partial charge < -0.3 is 15.0 Å². The standard InChI is InChI=1S/C26H29N5O2/c1-33-20-10-8-9-19(17-20)13-14-28-26(32)21(18-27)24-25(31-15-6-2-3-7-16-31)30-23-12-5-4-11-22(23)29-24/h4-5,8-12,17,21H,2-3,6-7,13-16H2,1H3,(H,28,32). The van der Waals surface area contributed by atoms with Gasteiger partial charge in [-0.1, -0.05) is 37.1 Å². The Kier molecular flexibility index (Phi) is 7.36. The number of amides is 1. The number of carbonyl (C=O) groups excluding carboxylic acids is 1. The van der Waals surface area contributed by atoms with Crippen LogP contribution in [0.1, 0.15) is 42.9 Å². The minimum atomic E-state index is -1.02. The Morgan fingerprint density at radius 3 is 2.52 bits per heavy atom. The second-order valence-corrected chi connectivity index (χ2v) is 8.28. The summed E-state index contributed by atoms with van der Waals surface area (Å²) in [5.41, 5.74) is 2.96. The molecule has 7 nitrogen and oxygen atoms in total. The molecule has 2 aromatic carbocycles. The van der Waals surface area contributed by atoms with Gasteiger partial charge in [0.25, 0.3) is 0 Å². The van der Waals surface area contributed by atoms with Crippen molar-refractivity contribution in [3.05, 3.63) is 59.8 Å². The van der Waals surface area contributed by atoms with Gasteiger partial charge in [-0.2, -0.15) is 5.26 Å². The highest BCUT2D eigenvalue weighted by atomic mass is 16.5. The molecule has 1 saturated heterocycles. The molecule has 1 amide bonds. The van der Waals surface area contributed by atoms with Gasteiger partial charge in [-0.15, -0.1) is 0 Å². The van der Waals surface area contributed by atoms with Crippen LogP contribution in [0.15, 0.2) is 48.5 Å². The lowest BCUT2D eigenvalue weighted by Crippen LogP contribution is -2.33. The third kappa shape index (κ3) is 5.40. The van der Waals surface area contributed by atoms with Crippen LogP contribution in [0.4, 0.5) is 5.82 Å². The molecule has 0 radical (unpaired) electrons. The van der Waals surface area contributed by atoms with Crippen molar-refractivity contribution in [2.45, 2.75) is 38.0 Å². The molecular formula is C26H29N5O2. The van der Waals surface area contributed by atoms with Crippen molar-refractivity contribution in [1.82, 2.24) is 15.3 Å². The lowest BCUT2D eigenvalue weighted by atomic mass is 10.0. The molecule has 1 aromatic heterocycles. The van der Waals surface area contributed by atoms with E-state index in [1.807, 2.05) is 48.5 Å². The molecule has 1 N–H and O–H groups in total. The summed E-state index contributed by atoms with van der Waals surface area (Å²) in [6, 6.07) is 17.5. The number of nitrogens with one attached hydrogen (secondary N) is 1. The van der Waals surface area contributed by atoms with Crippen molar-refractivity contribution in [3.63, 3.8) is 0 Å². The third-order valence-corrected chi connectivity index (χ3v) is 6.00. The molecule has 170 valence electrons. The van der Waals surface area contributed by atoms with Crippen LogP contribution >= 0.6 is 0 Å². The van der Waals surface area contributed by atoms with Crippen LogP contribution in [-0.2, 0) is 11.2 Å². The second-order valence-electron chi connectivity index (χ2n) is 8.28. The van der Waals surface area contributed by atoms with E-state index < -0.39 is 5.92 Å². The summed E-state index contributed by atoms with van der Waals surface area (Å²) in [5.74, 6) is 0.0686. The smallest absolute Gasteiger partial charge is 0.243 e. The molecule has 3 aromatic rings. The van der Waals surface area contributed by atoms with E-state index in [0.29, 0.717) is 30.0 Å². The van der Waals surface area contributed by atoms with Crippen LogP contribution in [0, 0.1) is 11.3 Å². The Morgan fingerprint density at radius 2 is 1.82 bits per heavy atom. The summed E-state index contributed by atoms with van der Waals surface area (Å²) in [6.07, 6.45) is 5.14. The average Bonchev–Trinajstić information content (AvgIpc) is 3.14. The van der Waals surface area contributed by atoms with Gasteiger partial charge in [0.2, 0.25) is 5.91 Å². The Labute approximate surface area is 194 Å². The Bertz CT molecular complexity index is 1150. The molecule has 1 fully saturated rings. The number of aromatic nitrogens is 2. The molecule has 4 rings (SSSR count). The van der Waals surface area contributed by atoms with E-state index in [1.165, 1.54) is 12.8 Å². The molecule has 0 bridgehead atoms. The maximum absolute atomic E-state index is 13.1. The van der Waals surface area contributed by atoms with E-state index >= 15 is 0 Å². The first-order valence-electron chi connectivity index (χ1n) is 11.5. The van der Waals surface area contributed by atoms with Crippen molar-refractivity contribution in [1.29, 1.82) is 5.26 Å². The Hall–Kier alpha value is -3.66. The summed E-state index contributed by atoms with van der Waals surface area (Å²) < 4.78 is 5.26. The zero-order valence-electron chi connectivity index (χ0n) is 19.0. The molecule has 33 heavy (non-hydrogen) atoms. The fourth-order valence-corrected chi connectivity index (χ4v) is 4.22. The number of nitrogens with zero attached hydrogens (tertiary/aromatic N) is 4. The number of nitriles is 1. The molecule has 1 aliphatic heterocycles. The topological polar surface area (TPSA) is 91.1 Å². The molecule has 1 aliphatic rings. The highest BCUT2D eigenvalue weighted by molar-refractivity contribution is 5.88. The zero-order chi connectivity index (χ0) is 23.0. The van der Waals surface area contributed by atoms with Crippen LogP contribution in [0.25, 0.3) is 11.0 Å². The maximum Gasteiger partial charge on any atom is 0.243 e. The van der Waals surface area contributed by atoms with Crippen LogP contribution in [-0.4, -0.2) is 42.6 Å². The maximum atomic E-state index is 13.1. The van der Waals surface area contributed by atoms with E-state index in [9.17, 15) is 10.1 Å². The largest absolute Gasteiger partial charge is 0.497 e. The van der Waals surface area contributed by atoms with Crippen molar-refractivity contribution < 1.29 is 9.53 Å². The SMILES string of the molecule is COc1cccc(CCNC(=O)C(C#N)c2nc3ccccc3nc2N2CCCCCC2)c1. The predicted octanol–water partition coefficient (Wildman–Crippen LogP) is 3.98. The van der Waals surface area contributed by atoms with Crippen LogP contribution in [0.2, 0.25) is 0 Å². The van der Waals surface area contributed by atoms with Gasteiger partial charge in [-0.3, -0.25) is 4.79 Å². The molecule has 0 aliphatic carbocycles. The predicted molar refractivity (Wildman–Crippen MR) is 128 cm³/mol. The van der Waals surface area contributed by atoms with E-state index in [0.717, 1.165) is 42.8 Å². The van der Waals surface area contributed by atoms with Gasteiger partial charge in [0.15, 0.2) is 11.7 Å². The van der Waals surface area contributed by atoms with Crippen molar-refractivity contribution in [2.24, 2.45) is 0 Å². The van der Waals surface area contributed by atoms with E-state index in [-0.39, 0.29) is 5.91 Å². The molecular weight excluding hydrogens is 414 g/mol. The summed E-state index contributed by atoms with van der Waals surface area (Å²) in [7, 11) is 1.63. The monoisotopic (exact) mass is 443 g/mol. The first kappa shape index (κ1) is 22.5. The van der Waals surface area contributed by atoms with E-state index in [1.54, 1.807) is 7.11 Å². The van der Waals surface area contributed by atoms with Gasteiger partial charge in [0.05, 0.1) is 24.2 Å². The number of hydrogen-bond acceptors (Lipinski definition) is 6.